The fraction of sp³-hybridized carbons (Fsp3) is 1.00. The summed E-state index contributed by atoms with van der Waals surface area (Å²) in [5.74, 6) is 1.78. The van der Waals surface area contributed by atoms with Crippen LogP contribution in [0, 0.1) is 11.8 Å². The molecule has 0 aromatic heterocycles. The minimum absolute atomic E-state index is 0.725. The molecule has 0 spiro atoms. The van der Waals surface area contributed by atoms with Gasteiger partial charge in [-0.05, 0) is 44.7 Å². The highest BCUT2D eigenvalue weighted by Gasteiger charge is 2.35. The third-order valence-electron chi connectivity index (χ3n) is 5.27. The largest absolute Gasteiger partial charge is 0.313 e. The van der Waals surface area contributed by atoms with Gasteiger partial charge in [-0.25, -0.2) is 0 Å². The van der Waals surface area contributed by atoms with Crippen LogP contribution in [-0.4, -0.2) is 61.7 Å². The second kappa shape index (κ2) is 7.05. The van der Waals surface area contributed by atoms with E-state index < -0.39 is 0 Å². The molecular formula is C16H33N3. The lowest BCUT2D eigenvalue weighted by molar-refractivity contribution is 0.0479. The lowest BCUT2D eigenvalue weighted by Crippen LogP contribution is -2.58. The molecule has 1 heterocycles. The lowest BCUT2D eigenvalue weighted by Gasteiger charge is -2.46. The number of piperazine rings is 1. The van der Waals surface area contributed by atoms with Crippen LogP contribution in [0.25, 0.3) is 0 Å². The van der Waals surface area contributed by atoms with Gasteiger partial charge in [0.1, 0.15) is 0 Å². The van der Waals surface area contributed by atoms with Gasteiger partial charge in [0, 0.05) is 38.3 Å². The molecule has 2 fully saturated rings. The smallest absolute Gasteiger partial charge is 0.0253 e. The van der Waals surface area contributed by atoms with E-state index in [2.05, 4.69) is 42.9 Å². The zero-order valence-electron chi connectivity index (χ0n) is 13.4. The van der Waals surface area contributed by atoms with Crippen LogP contribution in [0.2, 0.25) is 0 Å². The predicted octanol–water partition coefficient (Wildman–Crippen LogP) is 2.04. The Labute approximate surface area is 119 Å². The molecule has 3 atom stereocenters. The van der Waals surface area contributed by atoms with Gasteiger partial charge in [-0.3, -0.25) is 4.90 Å². The number of hydrogen-bond acceptors (Lipinski definition) is 3. The van der Waals surface area contributed by atoms with Gasteiger partial charge in [-0.1, -0.05) is 20.8 Å². The molecule has 0 radical (unpaired) electrons. The summed E-state index contributed by atoms with van der Waals surface area (Å²) in [7, 11) is 2.25. The minimum atomic E-state index is 0.725. The highest BCUT2D eigenvalue weighted by atomic mass is 15.3. The molecule has 3 heteroatoms. The van der Waals surface area contributed by atoms with Crippen molar-refractivity contribution in [3.05, 3.63) is 0 Å². The molecule has 0 aromatic rings. The first-order valence-electron chi connectivity index (χ1n) is 8.27. The van der Waals surface area contributed by atoms with Crippen molar-refractivity contribution in [2.75, 3.05) is 39.8 Å². The normalized spacial score (nSPS) is 34.9. The van der Waals surface area contributed by atoms with Crippen molar-refractivity contribution in [3.8, 4) is 0 Å². The zero-order valence-corrected chi connectivity index (χ0v) is 13.4. The van der Waals surface area contributed by atoms with Crippen molar-refractivity contribution in [3.63, 3.8) is 0 Å². The first kappa shape index (κ1) is 15.3. The van der Waals surface area contributed by atoms with Crippen LogP contribution in [0.1, 0.15) is 40.0 Å². The van der Waals surface area contributed by atoms with Gasteiger partial charge < -0.3 is 10.2 Å². The Hall–Kier alpha value is -0.120. The average Bonchev–Trinajstić information content (AvgIpc) is 2.40. The van der Waals surface area contributed by atoms with E-state index in [0.717, 1.165) is 30.5 Å². The van der Waals surface area contributed by atoms with E-state index in [1.54, 1.807) is 0 Å². The van der Waals surface area contributed by atoms with E-state index in [0.29, 0.717) is 0 Å². The molecular weight excluding hydrogens is 234 g/mol. The Morgan fingerprint density at radius 1 is 1.11 bits per heavy atom. The number of nitrogens with one attached hydrogen (secondary N) is 1. The molecule has 3 unspecified atom stereocenters. The number of nitrogens with zero attached hydrogens (tertiary/aromatic N) is 2. The van der Waals surface area contributed by atoms with Crippen LogP contribution in [0.4, 0.5) is 0 Å². The summed E-state index contributed by atoms with van der Waals surface area (Å²) in [5, 5.41) is 3.75. The second-order valence-corrected chi connectivity index (χ2v) is 6.89. The van der Waals surface area contributed by atoms with Crippen molar-refractivity contribution in [2.45, 2.75) is 52.1 Å². The van der Waals surface area contributed by atoms with Crippen LogP contribution in [-0.2, 0) is 0 Å². The fourth-order valence-electron chi connectivity index (χ4n) is 3.84. The van der Waals surface area contributed by atoms with E-state index in [9.17, 15) is 0 Å². The van der Waals surface area contributed by atoms with Gasteiger partial charge >= 0.3 is 0 Å². The average molecular weight is 267 g/mol. The lowest BCUT2D eigenvalue weighted by atomic mass is 9.76. The molecule has 112 valence electrons. The Balaban J connectivity index is 1.98. The van der Waals surface area contributed by atoms with Crippen LogP contribution < -0.4 is 5.32 Å². The second-order valence-electron chi connectivity index (χ2n) is 6.89. The van der Waals surface area contributed by atoms with Crippen LogP contribution in [0.15, 0.2) is 0 Å². The summed E-state index contributed by atoms with van der Waals surface area (Å²) in [6.07, 6.45) is 4.19. The molecule has 3 nitrogen and oxygen atoms in total. The van der Waals surface area contributed by atoms with Crippen LogP contribution >= 0.6 is 0 Å². The molecule has 1 saturated heterocycles. The van der Waals surface area contributed by atoms with Gasteiger partial charge in [-0.15, -0.1) is 0 Å². The summed E-state index contributed by atoms with van der Waals surface area (Å²) in [5.41, 5.74) is 0. The predicted molar refractivity (Wildman–Crippen MR) is 82.5 cm³/mol. The first-order valence-corrected chi connectivity index (χ1v) is 8.27. The molecule has 0 aromatic carbocycles. The molecule has 1 N–H and O–H groups in total. The summed E-state index contributed by atoms with van der Waals surface area (Å²) in [6, 6.07) is 1.50. The maximum Gasteiger partial charge on any atom is 0.0253 e. The maximum atomic E-state index is 3.75. The molecule has 1 aliphatic heterocycles. The summed E-state index contributed by atoms with van der Waals surface area (Å²) in [6.45, 7) is 13.2. The fourth-order valence-corrected chi connectivity index (χ4v) is 3.84. The molecule has 0 bridgehead atoms. The number of hydrogen-bond donors (Lipinski definition) is 1. The van der Waals surface area contributed by atoms with E-state index in [1.807, 2.05) is 0 Å². The Morgan fingerprint density at radius 3 is 2.37 bits per heavy atom. The molecule has 1 saturated carbocycles. The third kappa shape index (κ3) is 3.93. The summed E-state index contributed by atoms with van der Waals surface area (Å²) < 4.78 is 0. The maximum absolute atomic E-state index is 3.75. The molecule has 1 aliphatic carbocycles. The van der Waals surface area contributed by atoms with Crippen molar-refractivity contribution >= 4 is 0 Å². The Morgan fingerprint density at radius 2 is 1.79 bits per heavy atom. The Kier molecular flexibility index (Phi) is 5.67. The molecule has 0 amide bonds. The van der Waals surface area contributed by atoms with Gasteiger partial charge in [0.25, 0.3) is 0 Å². The topological polar surface area (TPSA) is 18.5 Å². The van der Waals surface area contributed by atoms with E-state index in [1.165, 1.54) is 45.4 Å². The molecule has 19 heavy (non-hydrogen) atoms. The van der Waals surface area contributed by atoms with Gasteiger partial charge in [0.15, 0.2) is 0 Å². The summed E-state index contributed by atoms with van der Waals surface area (Å²) in [4.78, 5) is 5.23. The van der Waals surface area contributed by atoms with Gasteiger partial charge in [0.2, 0.25) is 0 Å². The highest BCUT2D eigenvalue weighted by molar-refractivity contribution is 4.93. The zero-order chi connectivity index (χ0) is 13.8. The molecule has 2 rings (SSSR count). The van der Waals surface area contributed by atoms with Crippen molar-refractivity contribution in [1.29, 1.82) is 0 Å². The SMILES string of the molecule is CCNC1CCC(C(C)C)CC1N1CCN(C)CC1. The van der Waals surface area contributed by atoms with E-state index in [-0.39, 0.29) is 0 Å². The van der Waals surface area contributed by atoms with Gasteiger partial charge in [-0.2, -0.15) is 0 Å². The molecule has 2 aliphatic rings. The van der Waals surface area contributed by atoms with Crippen molar-refractivity contribution in [1.82, 2.24) is 15.1 Å². The summed E-state index contributed by atoms with van der Waals surface area (Å²) >= 11 is 0. The van der Waals surface area contributed by atoms with Crippen molar-refractivity contribution < 1.29 is 0 Å². The number of likely N-dealkylation sites (N-methyl/N-ethyl adjacent to an activating group) is 2. The van der Waals surface area contributed by atoms with E-state index >= 15 is 0 Å². The monoisotopic (exact) mass is 267 g/mol. The standard InChI is InChI=1S/C16H33N3/c1-5-17-15-7-6-14(13(2)3)12-16(15)19-10-8-18(4)9-11-19/h13-17H,5-12H2,1-4H3. The quantitative estimate of drug-likeness (QED) is 0.841. The number of rotatable bonds is 4. The Bertz CT molecular complexity index is 259. The first-order chi connectivity index (χ1) is 9.11. The van der Waals surface area contributed by atoms with Gasteiger partial charge in [0.05, 0.1) is 0 Å². The third-order valence-corrected chi connectivity index (χ3v) is 5.27. The highest BCUT2D eigenvalue weighted by Crippen LogP contribution is 2.33. The van der Waals surface area contributed by atoms with Crippen molar-refractivity contribution in [2.24, 2.45) is 11.8 Å². The minimum Gasteiger partial charge on any atom is -0.313 e. The van der Waals surface area contributed by atoms with Crippen LogP contribution in [0.5, 0.6) is 0 Å². The van der Waals surface area contributed by atoms with Crippen LogP contribution in [0.3, 0.4) is 0 Å². The van der Waals surface area contributed by atoms with E-state index in [4.69, 9.17) is 0 Å².